The monoisotopic (exact) mass is 296 g/mol. The van der Waals surface area contributed by atoms with Crippen LogP contribution in [0.25, 0.3) is 0 Å². The number of carbonyl (C=O) groups is 1. The lowest BCUT2D eigenvalue weighted by atomic mass is 9.92. The number of aliphatic hydroxyl groups is 1. The van der Waals surface area contributed by atoms with Crippen LogP contribution < -0.4 is 0 Å². The van der Waals surface area contributed by atoms with Crippen molar-refractivity contribution >= 4 is 5.78 Å². The van der Waals surface area contributed by atoms with E-state index in [0.717, 1.165) is 29.6 Å². The minimum absolute atomic E-state index is 0.00702. The van der Waals surface area contributed by atoms with Crippen molar-refractivity contribution in [2.45, 2.75) is 33.6 Å². The molecule has 0 amide bonds. The standard InChI is InChI=1S/C20H24O2/c1-5-6-11-18(17(4)22)13-16(3)19-12-9-7-8-10-15(2)20(19)14-21/h6-9,11,13,21H,3,5,10,14H2,1-2,4H3/b8-7-,11-6-,18-13+,20-15-. The topological polar surface area (TPSA) is 37.3 Å². The summed E-state index contributed by atoms with van der Waals surface area (Å²) in [5, 5.41) is 9.68. The predicted molar refractivity (Wildman–Crippen MR) is 92.5 cm³/mol. The summed E-state index contributed by atoms with van der Waals surface area (Å²) in [5.41, 5.74) is 7.11. The van der Waals surface area contributed by atoms with Gasteiger partial charge in [0.25, 0.3) is 0 Å². The molecule has 0 aliphatic heterocycles. The Morgan fingerprint density at radius 1 is 1.50 bits per heavy atom. The Balaban J connectivity index is 3.31. The van der Waals surface area contributed by atoms with E-state index in [1.807, 2.05) is 44.2 Å². The minimum atomic E-state index is -0.0666. The number of carbonyl (C=O) groups excluding carboxylic acids is 1. The normalized spacial score (nSPS) is 20.5. The summed E-state index contributed by atoms with van der Waals surface area (Å²) >= 11 is 0. The Kier molecular flexibility index (Phi) is 7.31. The van der Waals surface area contributed by atoms with Crippen LogP contribution >= 0.6 is 0 Å². The van der Waals surface area contributed by atoms with Crippen LogP contribution in [0.2, 0.25) is 0 Å². The van der Waals surface area contributed by atoms with Crippen LogP contribution in [0.5, 0.6) is 0 Å². The lowest BCUT2D eigenvalue weighted by Crippen LogP contribution is -2.02. The maximum absolute atomic E-state index is 11.7. The van der Waals surface area contributed by atoms with Gasteiger partial charge in [-0.05, 0) is 50.0 Å². The van der Waals surface area contributed by atoms with E-state index >= 15 is 0 Å². The van der Waals surface area contributed by atoms with Gasteiger partial charge in [0.1, 0.15) is 0 Å². The lowest BCUT2D eigenvalue weighted by molar-refractivity contribution is -0.113. The zero-order valence-electron chi connectivity index (χ0n) is 13.6. The largest absolute Gasteiger partial charge is 0.392 e. The first-order valence-corrected chi connectivity index (χ1v) is 7.51. The second-order valence-corrected chi connectivity index (χ2v) is 5.23. The minimum Gasteiger partial charge on any atom is -0.392 e. The van der Waals surface area contributed by atoms with Crippen molar-refractivity contribution in [1.29, 1.82) is 0 Å². The Bertz CT molecular complexity index is 631. The molecule has 2 nitrogen and oxygen atoms in total. The summed E-state index contributed by atoms with van der Waals surface area (Å²) in [5.74, 6) is -0.00702. The number of ketones is 1. The van der Waals surface area contributed by atoms with Gasteiger partial charge in [-0.15, -0.1) is 5.73 Å². The molecule has 0 bridgehead atoms. The first-order chi connectivity index (χ1) is 10.5. The third-order valence-electron chi connectivity index (χ3n) is 3.45. The van der Waals surface area contributed by atoms with Gasteiger partial charge >= 0.3 is 0 Å². The van der Waals surface area contributed by atoms with Gasteiger partial charge in [0.15, 0.2) is 5.78 Å². The first kappa shape index (κ1) is 17.9. The Morgan fingerprint density at radius 2 is 2.23 bits per heavy atom. The fourth-order valence-electron chi connectivity index (χ4n) is 2.14. The molecule has 1 rings (SSSR count). The summed E-state index contributed by atoms with van der Waals surface area (Å²) in [6.07, 6.45) is 12.9. The van der Waals surface area contributed by atoms with Crippen LogP contribution in [-0.2, 0) is 4.79 Å². The first-order valence-electron chi connectivity index (χ1n) is 7.51. The molecule has 0 spiro atoms. The van der Waals surface area contributed by atoms with Gasteiger partial charge in [-0.1, -0.05) is 43.4 Å². The summed E-state index contributed by atoms with van der Waals surface area (Å²) < 4.78 is 0. The fraction of sp³-hybridized carbons (Fsp3) is 0.300. The number of aliphatic hydroxyl groups excluding tert-OH is 1. The number of hydrogen-bond acceptors (Lipinski definition) is 2. The van der Waals surface area contributed by atoms with Crippen molar-refractivity contribution in [2.75, 3.05) is 6.61 Å². The van der Waals surface area contributed by atoms with Crippen LogP contribution in [0.15, 0.2) is 76.6 Å². The Morgan fingerprint density at radius 3 is 2.82 bits per heavy atom. The average molecular weight is 296 g/mol. The van der Waals surface area contributed by atoms with Crippen molar-refractivity contribution < 1.29 is 9.90 Å². The number of hydrogen-bond donors (Lipinski definition) is 1. The SMILES string of the molecule is C=C(/C=C(\C=C/CC)C(C)=O)C1=C=C/C=C\C/C(C)=C\1CO. The van der Waals surface area contributed by atoms with E-state index in [2.05, 4.69) is 12.3 Å². The average Bonchev–Trinajstić information content (AvgIpc) is 2.47. The Hall–Kier alpha value is -2.15. The molecular weight excluding hydrogens is 272 g/mol. The highest BCUT2D eigenvalue weighted by Gasteiger charge is 2.12. The molecule has 0 saturated carbocycles. The van der Waals surface area contributed by atoms with Gasteiger partial charge in [-0.3, -0.25) is 4.79 Å². The number of Topliss-reactive ketones (excluding diaryl/α,β-unsaturated/α-hetero) is 1. The molecule has 22 heavy (non-hydrogen) atoms. The fourth-order valence-corrected chi connectivity index (χ4v) is 2.14. The van der Waals surface area contributed by atoms with Crippen LogP contribution in [-0.4, -0.2) is 17.5 Å². The van der Waals surface area contributed by atoms with Crippen LogP contribution in [0.3, 0.4) is 0 Å². The lowest BCUT2D eigenvalue weighted by Gasteiger charge is -2.13. The van der Waals surface area contributed by atoms with E-state index in [0.29, 0.717) is 11.1 Å². The molecule has 0 heterocycles. The maximum atomic E-state index is 11.7. The van der Waals surface area contributed by atoms with Crippen molar-refractivity contribution in [2.24, 2.45) is 0 Å². The van der Waals surface area contributed by atoms with Gasteiger partial charge in [-0.25, -0.2) is 0 Å². The highest BCUT2D eigenvalue weighted by molar-refractivity contribution is 5.96. The van der Waals surface area contributed by atoms with Crippen molar-refractivity contribution in [3.63, 3.8) is 0 Å². The molecule has 116 valence electrons. The second kappa shape index (κ2) is 8.99. The van der Waals surface area contributed by atoms with Crippen LogP contribution in [0.4, 0.5) is 0 Å². The molecular formula is C20H24O2. The van der Waals surface area contributed by atoms with Crippen molar-refractivity contribution in [3.05, 3.63) is 76.6 Å². The maximum Gasteiger partial charge on any atom is 0.159 e. The third kappa shape index (κ3) is 5.00. The highest BCUT2D eigenvalue weighted by Crippen LogP contribution is 2.25. The molecule has 0 atom stereocenters. The van der Waals surface area contributed by atoms with E-state index in [1.54, 1.807) is 6.08 Å². The van der Waals surface area contributed by atoms with E-state index in [-0.39, 0.29) is 12.4 Å². The molecule has 0 aromatic rings. The van der Waals surface area contributed by atoms with E-state index in [4.69, 9.17) is 0 Å². The third-order valence-corrected chi connectivity index (χ3v) is 3.45. The zero-order chi connectivity index (χ0) is 16.5. The number of allylic oxidation sites excluding steroid dienone is 8. The molecule has 0 aromatic carbocycles. The summed E-state index contributed by atoms with van der Waals surface area (Å²) in [4.78, 5) is 11.7. The van der Waals surface area contributed by atoms with Gasteiger partial charge in [0.05, 0.1) is 6.61 Å². The zero-order valence-corrected chi connectivity index (χ0v) is 13.6. The van der Waals surface area contributed by atoms with Gasteiger partial charge < -0.3 is 5.11 Å². The molecule has 1 aliphatic rings. The molecule has 1 N–H and O–H groups in total. The Labute approximate surface area is 133 Å². The summed E-state index contributed by atoms with van der Waals surface area (Å²) in [7, 11) is 0. The van der Waals surface area contributed by atoms with E-state index in [1.165, 1.54) is 6.92 Å². The number of rotatable bonds is 6. The van der Waals surface area contributed by atoms with Gasteiger partial charge in [0.2, 0.25) is 0 Å². The van der Waals surface area contributed by atoms with E-state index < -0.39 is 0 Å². The second-order valence-electron chi connectivity index (χ2n) is 5.23. The van der Waals surface area contributed by atoms with E-state index in [9.17, 15) is 9.90 Å². The quantitative estimate of drug-likeness (QED) is 0.449. The van der Waals surface area contributed by atoms with Crippen molar-refractivity contribution in [1.82, 2.24) is 0 Å². The van der Waals surface area contributed by atoms with Crippen LogP contribution in [0, 0.1) is 0 Å². The van der Waals surface area contributed by atoms with Gasteiger partial charge in [-0.2, -0.15) is 0 Å². The summed E-state index contributed by atoms with van der Waals surface area (Å²) in [6.45, 7) is 9.54. The van der Waals surface area contributed by atoms with Crippen molar-refractivity contribution in [3.8, 4) is 0 Å². The molecule has 1 aliphatic carbocycles. The smallest absolute Gasteiger partial charge is 0.159 e. The molecule has 0 fully saturated rings. The molecule has 0 saturated heterocycles. The molecule has 2 heteroatoms. The molecule has 0 radical (unpaired) electrons. The van der Waals surface area contributed by atoms with Crippen LogP contribution in [0.1, 0.15) is 33.6 Å². The molecule has 0 unspecified atom stereocenters. The molecule has 0 aromatic heterocycles. The van der Waals surface area contributed by atoms with Gasteiger partial charge in [0, 0.05) is 11.1 Å². The highest BCUT2D eigenvalue weighted by atomic mass is 16.3. The predicted octanol–water partition coefficient (Wildman–Crippen LogP) is 4.37. The summed E-state index contributed by atoms with van der Waals surface area (Å²) in [6, 6.07) is 0.